The third-order valence-electron chi connectivity index (χ3n) is 2.63. The van der Waals surface area contributed by atoms with Gasteiger partial charge >= 0.3 is 0 Å². The van der Waals surface area contributed by atoms with Crippen molar-refractivity contribution in [2.24, 2.45) is 5.92 Å². The summed E-state index contributed by atoms with van der Waals surface area (Å²) in [5.41, 5.74) is 0. The molecule has 2 atom stereocenters. The molecule has 1 aliphatic rings. The van der Waals surface area contributed by atoms with Gasteiger partial charge in [-0.2, -0.15) is 0 Å². The maximum absolute atomic E-state index is 11.6. The van der Waals surface area contributed by atoms with E-state index in [1.165, 1.54) is 0 Å². The summed E-state index contributed by atoms with van der Waals surface area (Å²) in [6.45, 7) is 5.41. The van der Waals surface area contributed by atoms with Gasteiger partial charge in [-0.3, -0.25) is 4.79 Å². The lowest BCUT2D eigenvalue weighted by Gasteiger charge is -2.16. The fourth-order valence-electron chi connectivity index (χ4n) is 1.88. The van der Waals surface area contributed by atoms with Gasteiger partial charge in [0.15, 0.2) is 0 Å². The van der Waals surface area contributed by atoms with Gasteiger partial charge in [0.1, 0.15) is 0 Å². The number of carbonyl (C=O) groups excluding carboxylic acids is 1. The van der Waals surface area contributed by atoms with Crippen LogP contribution in [0.1, 0.15) is 33.1 Å². The Morgan fingerprint density at radius 1 is 1.60 bits per heavy atom. The van der Waals surface area contributed by atoms with Gasteiger partial charge in [-0.1, -0.05) is 13.8 Å². The highest BCUT2D eigenvalue weighted by molar-refractivity contribution is 5.81. The molecule has 1 rings (SSSR count). The first kappa shape index (κ1) is 12.5. The van der Waals surface area contributed by atoms with E-state index in [2.05, 4.69) is 24.5 Å². The van der Waals surface area contributed by atoms with E-state index in [0.29, 0.717) is 12.5 Å². The Bertz CT molecular complexity index is 201. The predicted molar refractivity (Wildman–Crippen MR) is 59.5 cm³/mol. The summed E-state index contributed by atoms with van der Waals surface area (Å²) in [5, 5.41) is 15.5. The Labute approximate surface area is 91.4 Å². The second kappa shape index (κ2) is 6.08. The Morgan fingerprint density at radius 2 is 2.33 bits per heavy atom. The van der Waals surface area contributed by atoms with Crippen molar-refractivity contribution in [3.63, 3.8) is 0 Å². The number of aliphatic hydroxyl groups is 1. The van der Waals surface area contributed by atoms with Crippen LogP contribution in [0.4, 0.5) is 0 Å². The zero-order valence-electron chi connectivity index (χ0n) is 9.62. The van der Waals surface area contributed by atoms with Crippen LogP contribution in [0.15, 0.2) is 0 Å². The lowest BCUT2D eigenvalue weighted by Crippen LogP contribution is -2.43. The summed E-state index contributed by atoms with van der Waals surface area (Å²) in [5.74, 6) is 0.483. The predicted octanol–water partition coefficient (Wildman–Crippen LogP) is 0.262. The molecule has 0 bridgehead atoms. The SMILES string of the molecule is CC(C)CC(O)CNC(=O)C1CCCN1. The standard InChI is InChI=1S/C11H22N2O2/c1-8(2)6-9(14)7-13-11(15)10-4-3-5-12-10/h8-10,12,14H,3-7H2,1-2H3,(H,13,15). The average molecular weight is 214 g/mol. The molecule has 0 aromatic rings. The Balaban J connectivity index is 2.15. The minimum Gasteiger partial charge on any atom is -0.391 e. The molecule has 0 aromatic carbocycles. The molecule has 3 N–H and O–H groups in total. The van der Waals surface area contributed by atoms with Gasteiger partial charge in [0.2, 0.25) is 5.91 Å². The van der Waals surface area contributed by atoms with Crippen molar-refractivity contribution in [2.75, 3.05) is 13.1 Å². The molecule has 0 radical (unpaired) electrons. The van der Waals surface area contributed by atoms with Crippen molar-refractivity contribution in [3.05, 3.63) is 0 Å². The largest absolute Gasteiger partial charge is 0.391 e. The van der Waals surface area contributed by atoms with Crippen molar-refractivity contribution in [1.29, 1.82) is 0 Å². The highest BCUT2D eigenvalue weighted by Gasteiger charge is 2.22. The van der Waals surface area contributed by atoms with E-state index in [1.807, 2.05) is 0 Å². The van der Waals surface area contributed by atoms with Gasteiger partial charge in [0, 0.05) is 6.54 Å². The first-order valence-corrected chi connectivity index (χ1v) is 5.78. The summed E-state index contributed by atoms with van der Waals surface area (Å²) < 4.78 is 0. The van der Waals surface area contributed by atoms with E-state index in [-0.39, 0.29) is 11.9 Å². The summed E-state index contributed by atoms with van der Waals surface area (Å²) in [6, 6.07) is -0.0451. The van der Waals surface area contributed by atoms with Crippen LogP contribution in [0.25, 0.3) is 0 Å². The molecule has 1 amide bonds. The van der Waals surface area contributed by atoms with E-state index in [9.17, 15) is 9.90 Å². The van der Waals surface area contributed by atoms with Crippen molar-refractivity contribution >= 4 is 5.91 Å². The number of hydrogen-bond acceptors (Lipinski definition) is 3. The smallest absolute Gasteiger partial charge is 0.237 e. The maximum atomic E-state index is 11.6. The molecule has 4 heteroatoms. The first-order chi connectivity index (χ1) is 7.09. The number of aliphatic hydroxyl groups excluding tert-OH is 1. The maximum Gasteiger partial charge on any atom is 0.237 e. The van der Waals surface area contributed by atoms with Crippen LogP contribution in [-0.2, 0) is 4.79 Å². The van der Waals surface area contributed by atoms with Crippen LogP contribution < -0.4 is 10.6 Å². The minimum atomic E-state index is -0.421. The molecular formula is C11H22N2O2. The van der Waals surface area contributed by atoms with E-state index in [0.717, 1.165) is 25.8 Å². The Morgan fingerprint density at radius 3 is 2.87 bits per heavy atom. The van der Waals surface area contributed by atoms with Gasteiger partial charge in [-0.15, -0.1) is 0 Å². The molecule has 15 heavy (non-hydrogen) atoms. The molecule has 0 aromatic heterocycles. The van der Waals surface area contributed by atoms with Crippen molar-refractivity contribution < 1.29 is 9.90 Å². The van der Waals surface area contributed by atoms with Crippen molar-refractivity contribution in [2.45, 2.75) is 45.3 Å². The van der Waals surface area contributed by atoms with E-state index in [1.54, 1.807) is 0 Å². The number of amides is 1. The molecule has 1 aliphatic heterocycles. The molecule has 0 aliphatic carbocycles. The van der Waals surface area contributed by atoms with Crippen molar-refractivity contribution in [1.82, 2.24) is 10.6 Å². The number of rotatable bonds is 5. The third-order valence-corrected chi connectivity index (χ3v) is 2.63. The quantitative estimate of drug-likeness (QED) is 0.615. The summed E-state index contributed by atoms with van der Waals surface area (Å²) >= 11 is 0. The average Bonchev–Trinajstić information content (AvgIpc) is 2.65. The molecule has 1 saturated heterocycles. The lowest BCUT2D eigenvalue weighted by atomic mass is 10.1. The highest BCUT2D eigenvalue weighted by atomic mass is 16.3. The third kappa shape index (κ3) is 4.62. The highest BCUT2D eigenvalue weighted by Crippen LogP contribution is 2.06. The molecule has 0 saturated carbocycles. The van der Waals surface area contributed by atoms with Gasteiger partial charge < -0.3 is 15.7 Å². The monoisotopic (exact) mass is 214 g/mol. The summed E-state index contributed by atoms with van der Waals surface area (Å²) in [7, 11) is 0. The zero-order valence-corrected chi connectivity index (χ0v) is 9.62. The van der Waals surface area contributed by atoms with Gasteiger partial charge in [-0.05, 0) is 31.7 Å². The van der Waals surface area contributed by atoms with Gasteiger partial charge in [0.05, 0.1) is 12.1 Å². The molecule has 1 fully saturated rings. The normalized spacial score (nSPS) is 23.1. The summed E-state index contributed by atoms with van der Waals surface area (Å²) in [4.78, 5) is 11.6. The molecule has 2 unspecified atom stereocenters. The van der Waals surface area contributed by atoms with E-state index >= 15 is 0 Å². The number of carbonyl (C=O) groups is 1. The van der Waals surface area contributed by atoms with E-state index in [4.69, 9.17) is 0 Å². The second-order valence-electron chi connectivity index (χ2n) is 4.68. The zero-order chi connectivity index (χ0) is 11.3. The van der Waals surface area contributed by atoms with Gasteiger partial charge in [-0.25, -0.2) is 0 Å². The molecule has 4 nitrogen and oxygen atoms in total. The topological polar surface area (TPSA) is 61.4 Å². The van der Waals surface area contributed by atoms with E-state index < -0.39 is 6.10 Å². The molecule has 0 spiro atoms. The van der Waals surface area contributed by atoms with Crippen LogP contribution in [0.5, 0.6) is 0 Å². The van der Waals surface area contributed by atoms with Crippen LogP contribution in [0, 0.1) is 5.92 Å². The number of hydrogen-bond donors (Lipinski definition) is 3. The van der Waals surface area contributed by atoms with Crippen LogP contribution in [-0.4, -0.2) is 36.2 Å². The van der Waals surface area contributed by atoms with Gasteiger partial charge in [0.25, 0.3) is 0 Å². The Hall–Kier alpha value is -0.610. The van der Waals surface area contributed by atoms with Crippen molar-refractivity contribution in [3.8, 4) is 0 Å². The second-order valence-corrected chi connectivity index (χ2v) is 4.68. The fourth-order valence-corrected chi connectivity index (χ4v) is 1.88. The molecule has 1 heterocycles. The van der Waals surface area contributed by atoms with Crippen LogP contribution >= 0.6 is 0 Å². The lowest BCUT2D eigenvalue weighted by molar-refractivity contribution is -0.123. The fraction of sp³-hybridized carbons (Fsp3) is 0.909. The molecular weight excluding hydrogens is 192 g/mol. The Kier molecular flexibility index (Phi) is 5.05. The van der Waals surface area contributed by atoms with Crippen LogP contribution in [0.3, 0.4) is 0 Å². The summed E-state index contributed by atoms with van der Waals surface area (Å²) in [6.07, 6.45) is 2.28. The first-order valence-electron chi connectivity index (χ1n) is 5.78. The minimum absolute atomic E-state index is 0.0234. The van der Waals surface area contributed by atoms with Crippen LogP contribution in [0.2, 0.25) is 0 Å². The molecule has 88 valence electrons. The number of nitrogens with one attached hydrogen (secondary N) is 2.